The number of amides is 1. The molecule has 2 saturated heterocycles. The Labute approximate surface area is 435 Å². The van der Waals surface area contributed by atoms with Gasteiger partial charge in [-0.2, -0.15) is 0 Å². The van der Waals surface area contributed by atoms with Crippen LogP contribution in [0.25, 0.3) is 0 Å². The van der Waals surface area contributed by atoms with Crippen LogP contribution in [0.1, 0.15) is 219 Å². The lowest BCUT2D eigenvalue weighted by Gasteiger charge is -2.46. The minimum atomic E-state index is -1.79. The molecule has 0 aromatic rings. The number of hydrogen-bond acceptors (Lipinski definition) is 13. The van der Waals surface area contributed by atoms with Gasteiger partial charge in [-0.25, -0.2) is 0 Å². The van der Waals surface area contributed by atoms with E-state index in [1.165, 1.54) is 135 Å². The lowest BCUT2D eigenvalue weighted by molar-refractivity contribution is -0.359. The molecule has 0 spiro atoms. The zero-order valence-electron chi connectivity index (χ0n) is 44.9. The van der Waals surface area contributed by atoms with Gasteiger partial charge in [-0.05, 0) is 51.4 Å². The number of unbranched alkanes of at least 4 members (excludes halogenated alkanes) is 26. The largest absolute Gasteiger partial charge is 0.394 e. The molecular weight excluding hydrogens is 919 g/mol. The van der Waals surface area contributed by atoms with Crippen molar-refractivity contribution in [3.05, 3.63) is 48.6 Å². The average Bonchev–Trinajstić information content (AvgIpc) is 3.38. The number of nitrogens with one attached hydrogen (secondary N) is 1. The summed E-state index contributed by atoms with van der Waals surface area (Å²) in [6.07, 6.45) is 37.4. The van der Waals surface area contributed by atoms with Crippen molar-refractivity contribution in [2.24, 2.45) is 0 Å². The van der Waals surface area contributed by atoms with E-state index in [0.29, 0.717) is 6.42 Å². The van der Waals surface area contributed by atoms with Crippen LogP contribution in [0.3, 0.4) is 0 Å². The van der Waals surface area contributed by atoms with Gasteiger partial charge in [0.1, 0.15) is 48.8 Å². The van der Waals surface area contributed by atoms with Crippen LogP contribution in [0.2, 0.25) is 0 Å². The number of hydrogen-bond donors (Lipinski definition) is 9. The van der Waals surface area contributed by atoms with Gasteiger partial charge < -0.3 is 65.1 Å². The molecule has 14 nitrogen and oxygen atoms in total. The summed E-state index contributed by atoms with van der Waals surface area (Å²) < 4.78 is 22.7. The smallest absolute Gasteiger partial charge is 0.220 e. The molecular formula is C58H105NO13. The lowest BCUT2D eigenvalue weighted by Crippen LogP contribution is -2.65. The lowest BCUT2D eigenvalue weighted by atomic mass is 9.97. The Kier molecular flexibility index (Phi) is 40.5. The van der Waals surface area contributed by atoms with Gasteiger partial charge in [0.2, 0.25) is 5.91 Å². The second-order valence-corrected chi connectivity index (χ2v) is 20.4. The van der Waals surface area contributed by atoms with Crippen molar-refractivity contribution in [2.45, 2.75) is 293 Å². The second-order valence-electron chi connectivity index (χ2n) is 20.4. The minimum absolute atomic E-state index is 0.245. The molecule has 420 valence electrons. The summed E-state index contributed by atoms with van der Waals surface area (Å²) in [6.45, 7) is 2.66. The highest BCUT2D eigenvalue weighted by Gasteiger charge is 2.51. The van der Waals surface area contributed by atoms with E-state index in [1.807, 2.05) is 6.08 Å². The van der Waals surface area contributed by atoms with Gasteiger partial charge in [0, 0.05) is 6.42 Å². The Morgan fingerprint density at radius 1 is 0.514 bits per heavy atom. The first-order valence-corrected chi connectivity index (χ1v) is 28.9. The number of ether oxygens (including phenoxy) is 4. The van der Waals surface area contributed by atoms with Crippen molar-refractivity contribution in [3.63, 3.8) is 0 Å². The summed E-state index contributed by atoms with van der Waals surface area (Å²) in [5, 5.41) is 86.9. The van der Waals surface area contributed by atoms with Gasteiger partial charge in [0.15, 0.2) is 12.6 Å². The van der Waals surface area contributed by atoms with Crippen LogP contribution in [-0.2, 0) is 23.7 Å². The van der Waals surface area contributed by atoms with Crippen LogP contribution in [-0.4, -0.2) is 140 Å². The molecule has 2 aliphatic heterocycles. The van der Waals surface area contributed by atoms with Crippen molar-refractivity contribution < 1.29 is 64.6 Å². The van der Waals surface area contributed by atoms with E-state index < -0.39 is 86.8 Å². The average molecular weight is 1020 g/mol. The second kappa shape index (κ2) is 44.1. The Bertz CT molecular complexity index is 1390. The number of carbonyl (C=O) groups excluding carboxylic acids is 1. The van der Waals surface area contributed by atoms with Gasteiger partial charge in [-0.15, -0.1) is 0 Å². The van der Waals surface area contributed by atoms with Crippen molar-refractivity contribution in [1.82, 2.24) is 5.32 Å². The van der Waals surface area contributed by atoms with E-state index in [-0.39, 0.29) is 18.9 Å². The van der Waals surface area contributed by atoms with Crippen LogP contribution < -0.4 is 5.32 Å². The number of aliphatic hydroxyl groups excluding tert-OH is 8. The van der Waals surface area contributed by atoms with E-state index in [1.54, 1.807) is 6.08 Å². The molecule has 2 fully saturated rings. The fourth-order valence-electron chi connectivity index (χ4n) is 9.36. The van der Waals surface area contributed by atoms with E-state index in [2.05, 4.69) is 55.6 Å². The fraction of sp³-hybridized carbons (Fsp3) is 0.845. The first-order chi connectivity index (χ1) is 35.1. The van der Waals surface area contributed by atoms with Crippen LogP contribution in [0.15, 0.2) is 48.6 Å². The molecule has 1 amide bonds. The molecule has 14 heteroatoms. The van der Waals surface area contributed by atoms with E-state index in [9.17, 15) is 45.6 Å². The summed E-state index contributed by atoms with van der Waals surface area (Å²) in [6, 6.07) is -0.930. The standard InChI is InChI=1S/C58H105NO13/c1-3-5-7-9-11-13-15-17-18-19-20-21-22-23-24-25-26-27-28-30-31-33-35-37-39-41-47(62)46(59-50(63)42-40-38-36-34-32-29-16-14-12-10-8-6-4-2)45-69-57-55(68)53(66)56(49(44-61)71-57)72-58-54(67)52(65)51(64)48(43-60)70-58/h6,8,12,14,29,32,39,41,46-49,51-58,60-62,64-68H,3-5,7,9-11,13,15-28,30-31,33-38,40,42-45H2,1-2H3,(H,59,63)/b8-6-,14-12-,32-29-,41-39+. The number of aliphatic hydroxyl groups is 8. The predicted molar refractivity (Wildman–Crippen MR) is 286 cm³/mol. The number of carbonyl (C=O) groups is 1. The Morgan fingerprint density at radius 3 is 1.47 bits per heavy atom. The Hall–Kier alpha value is -2.05. The number of rotatable bonds is 45. The maximum absolute atomic E-state index is 13.2. The summed E-state index contributed by atoms with van der Waals surface area (Å²) in [5.41, 5.74) is 0. The number of allylic oxidation sites excluding steroid dienone is 7. The van der Waals surface area contributed by atoms with Crippen LogP contribution in [0, 0.1) is 0 Å². The third kappa shape index (κ3) is 29.9. The molecule has 0 aromatic heterocycles. The van der Waals surface area contributed by atoms with Crippen LogP contribution >= 0.6 is 0 Å². The molecule has 2 heterocycles. The van der Waals surface area contributed by atoms with E-state index in [0.717, 1.165) is 57.8 Å². The molecule has 0 saturated carbocycles. The molecule has 2 aliphatic rings. The Morgan fingerprint density at radius 2 is 0.958 bits per heavy atom. The van der Waals surface area contributed by atoms with E-state index >= 15 is 0 Å². The molecule has 0 aromatic carbocycles. The molecule has 0 aliphatic carbocycles. The van der Waals surface area contributed by atoms with Crippen LogP contribution in [0.5, 0.6) is 0 Å². The summed E-state index contributed by atoms with van der Waals surface area (Å²) in [4.78, 5) is 13.2. The fourth-order valence-corrected chi connectivity index (χ4v) is 9.36. The highest BCUT2D eigenvalue weighted by atomic mass is 16.7. The van der Waals surface area contributed by atoms with Crippen LogP contribution in [0.4, 0.5) is 0 Å². The SMILES string of the molecule is CC/C=C\C/C=C\C/C=C\CCCCCC(=O)NC(COC1OC(CO)C(OC2OC(CO)C(O)C(O)C2O)C(O)C1O)C(O)/C=C/CCCCCCCCCCCCCCCCCCCCCCCCC. The first-order valence-electron chi connectivity index (χ1n) is 28.9. The molecule has 72 heavy (non-hydrogen) atoms. The van der Waals surface area contributed by atoms with Crippen molar-refractivity contribution >= 4 is 5.91 Å². The zero-order valence-corrected chi connectivity index (χ0v) is 44.9. The normalized spacial score (nSPS) is 25.9. The molecule has 0 radical (unpaired) electrons. The molecule has 0 bridgehead atoms. The highest BCUT2D eigenvalue weighted by Crippen LogP contribution is 2.30. The maximum Gasteiger partial charge on any atom is 0.220 e. The highest BCUT2D eigenvalue weighted by molar-refractivity contribution is 5.76. The van der Waals surface area contributed by atoms with Gasteiger partial charge in [-0.3, -0.25) is 4.79 Å². The molecule has 9 N–H and O–H groups in total. The third-order valence-corrected chi connectivity index (χ3v) is 14.0. The maximum atomic E-state index is 13.2. The van der Waals surface area contributed by atoms with E-state index in [4.69, 9.17) is 18.9 Å². The Balaban J connectivity index is 1.76. The minimum Gasteiger partial charge on any atom is -0.394 e. The van der Waals surface area contributed by atoms with Crippen molar-refractivity contribution in [1.29, 1.82) is 0 Å². The van der Waals surface area contributed by atoms with Gasteiger partial charge in [0.25, 0.3) is 0 Å². The van der Waals surface area contributed by atoms with Crippen molar-refractivity contribution in [3.8, 4) is 0 Å². The zero-order chi connectivity index (χ0) is 52.4. The van der Waals surface area contributed by atoms with Gasteiger partial charge in [-0.1, -0.05) is 210 Å². The molecule has 2 rings (SSSR count). The molecule has 12 atom stereocenters. The summed E-state index contributed by atoms with van der Waals surface area (Å²) in [5.74, 6) is -0.268. The van der Waals surface area contributed by atoms with Crippen molar-refractivity contribution in [2.75, 3.05) is 19.8 Å². The monoisotopic (exact) mass is 1020 g/mol. The van der Waals surface area contributed by atoms with Gasteiger partial charge >= 0.3 is 0 Å². The summed E-state index contributed by atoms with van der Waals surface area (Å²) in [7, 11) is 0. The summed E-state index contributed by atoms with van der Waals surface area (Å²) >= 11 is 0. The first kappa shape index (κ1) is 66.1. The predicted octanol–water partition coefficient (Wildman–Crippen LogP) is 9.22. The topological polar surface area (TPSA) is 228 Å². The molecule has 12 unspecified atom stereocenters. The van der Waals surface area contributed by atoms with Gasteiger partial charge in [0.05, 0.1) is 32.0 Å². The quantitative estimate of drug-likeness (QED) is 0.0205. The third-order valence-electron chi connectivity index (χ3n) is 14.0.